The number of rotatable bonds is 5. The van der Waals surface area contributed by atoms with Gasteiger partial charge in [0.1, 0.15) is 0 Å². The van der Waals surface area contributed by atoms with Crippen LogP contribution in [0.2, 0.25) is 0 Å². The average molecular weight is 393 g/mol. The molecule has 29 heavy (non-hydrogen) atoms. The molecule has 9 nitrogen and oxygen atoms in total. The van der Waals surface area contributed by atoms with Gasteiger partial charge >= 0.3 is 0 Å². The summed E-state index contributed by atoms with van der Waals surface area (Å²) in [5, 5.41) is 6.49. The molecule has 0 radical (unpaired) electrons. The lowest BCUT2D eigenvalue weighted by molar-refractivity contribution is 0.102. The third kappa shape index (κ3) is 4.40. The summed E-state index contributed by atoms with van der Waals surface area (Å²) in [4.78, 5) is 42.2. The molecule has 1 amide bonds. The molecule has 9 heteroatoms. The van der Waals surface area contributed by atoms with Gasteiger partial charge in [-0.25, -0.2) is 15.0 Å². The number of piperidine rings is 1. The van der Waals surface area contributed by atoms with Crippen LogP contribution in [0.1, 0.15) is 23.3 Å². The van der Waals surface area contributed by atoms with Crippen molar-refractivity contribution in [1.82, 2.24) is 24.8 Å². The second kappa shape index (κ2) is 8.36. The van der Waals surface area contributed by atoms with Crippen molar-refractivity contribution < 1.29 is 4.79 Å². The Bertz CT molecular complexity index is 1070. The SMILES string of the molecule is CN1CCC(CNc2nccnc2C(=O)Nc2ccc3nc[nH]c(=O)c3c2)CC1. The summed E-state index contributed by atoms with van der Waals surface area (Å²) in [5.74, 6) is 0.622. The maximum Gasteiger partial charge on any atom is 0.278 e. The number of aromatic nitrogens is 4. The molecule has 1 saturated heterocycles. The Morgan fingerprint density at radius 3 is 2.83 bits per heavy atom. The molecule has 3 heterocycles. The van der Waals surface area contributed by atoms with Crippen LogP contribution >= 0.6 is 0 Å². The van der Waals surface area contributed by atoms with Crippen molar-refractivity contribution in [3.63, 3.8) is 0 Å². The lowest BCUT2D eigenvalue weighted by atomic mass is 9.97. The first-order valence-electron chi connectivity index (χ1n) is 9.62. The van der Waals surface area contributed by atoms with Crippen LogP contribution in [-0.2, 0) is 0 Å². The number of hydrogen-bond acceptors (Lipinski definition) is 7. The summed E-state index contributed by atoms with van der Waals surface area (Å²) in [6.45, 7) is 2.91. The lowest BCUT2D eigenvalue weighted by Gasteiger charge is -2.29. The molecular weight excluding hydrogens is 370 g/mol. The topological polar surface area (TPSA) is 116 Å². The molecule has 0 atom stereocenters. The Morgan fingerprint density at radius 1 is 1.21 bits per heavy atom. The van der Waals surface area contributed by atoms with E-state index < -0.39 is 0 Å². The smallest absolute Gasteiger partial charge is 0.278 e. The second-order valence-corrected chi connectivity index (χ2v) is 7.30. The monoisotopic (exact) mass is 393 g/mol. The zero-order valence-electron chi connectivity index (χ0n) is 16.2. The summed E-state index contributed by atoms with van der Waals surface area (Å²) in [5.41, 5.74) is 1.02. The van der Waals surface area contributed by atoms with E-state index in [4.69, 9.17) is 0 Å². The van der Waals surface area contributed by atoms with Crippen molar-refractivity contribution in [3.05, 3.63) is 53.0 Å². The Kier molecular flexibility index (Phi) is 5.48. The van der Waals surface area contributed by atoms with E-state index in [-0.39, 0.29) is 17.2 Å². The van der Waals surface area contributed by atoms with Crippen LogP contribution < -0.4 is 16.2 Å². The van der Waals surface area contributed by atoms with Crippen molar-refractivity contribution in [2.24, 2.45) is 5.92 Å². The van der Waals surface area contributed by atoms with Crippen LogP contribution in [0.3, 0.4) is 0 Å². The highest BCUT2D eigenvalue weighted by Crippen LogP contribution is 2.19. The number of nitrogens with one attached hydrogen (secondary N) is 3. The number of likely N-dealkylation sites (tertiary alicyclic amines) is 1. The van der Waals surface area contributed by atoms with Gasteiger partial charge in [-0.05, 0) is 57.1 Å². The highest BCUT2D eigenvalue weighted by Gasteiger charge is 2.19. The zero-order valence-corrected chi connectivity index (χ0v) is 16.2. The van der Waals surface area contributed by atoms with Gasteiger partial charge in [-0.3, -0.25) is 9.59 Å². The van der Waals surface area contributed by atoms with E-state index in [9.17, 15) is 9.59 Å². The standard InChI is InChI=1S/C20H23N7O2/c1-27-8-4-13(5-9-27)11-23-18-17(21-6-7-22-18)20(29)26-14-2-3-16-15(10-14)19(28)25-12-24-16/h2-3,6-7,10,12-13H,4-5,8-9,11H2,1H3,(H,22,23)(H,26,29)(H,24,25,28). The molecule has 3 N–H and O–H groups in total. The van der Waals surface area contributed by atoms with Gasteiger partial charge in [0.05, 0.1) is 17.2 Å². The molecule has 0 bridgehead atoms. The largest absolute Gasteiger partial charge is 0.368 e. The zero-order chi connectivity index (χ0) is 20.2. The number of anilines is 2. The van der Waals surface area contributed by atoms with Gasteiger partial charge in [-0.2, -0.15) is 0 Å². The van der Waals surface area contributed by atoms with Crippen molar-refractivity contribution in [2.45, 2.75) is 12.8 Å². The Balaban J connectivity index is 1.47. The minimum absolute atomic E-state index is 0.223. The van der Waals surface area contributed by atoms with Crippen molar-refractivity contribution in [2.75, 3.05) is 37.3 Å². The van der Waals surface area contributed by atoms with Crippen molar-refractivity contribution in [3.8, 4) is 0 Å². The number of hydrogen-bond donors (Lipinski definition) is 3. The molecular formula is C20H23N7O2. The van der Waals surface area contributed by atoms with Crippen LogP contribution in [-0.4, -0.2) is 57.4 Å². The summed E-state index contributed by atoms with van der Waals surface area (Å²) < 4.78 is 0. The number of carbonyl (C=O) groups is 1. The number of carbonyl (C=O) groups excluding carboxylic acids is 1. The maximum absolute atomic E-state index is 12.8. The molecule has 3 aromatic rings. The van der Waals surface area contributed by atoms with E-state index in [1.54, 1.807) is 24.4 Å². The van der Waals surface area contributed by atoms with Crippen LogP contribution in [0.4, 0.5) is 11.5 Å². The molecule has 1 aliphatic heterocycles. The van der Waals surface area contributed by atoms with Crippen molar-refractivity contribution >= 4 is 28.3 Å². The van der Waals surface area contributed by atoms with Gasteiger partial charge in [0.2, 0.25) is 0 Å². The molecule has 0 saturated carbocycles. The van der Waals surface area contributed by atoms with Gasteiger partial charge in [-0.15, -0.1) is 0 Å². The van der Waals surface area contributed by atoms with Gasteiger partial charge in [0, 0.05) is 24.6 Å². The Labute approximate surface area is 167 Å². The molecule has 150 valence electrons. The number of nitrogens with zero attached hydrogens (tertiary/aromatic N) is 4. The third-order valence-electron chi connectivity index (χ3n) is 5.21. The Hall–Kier alpha value is -3.33. The minimum Gasteiger partial charge on any atom is -0.368 e. The molecule has 1 aliphatic rings. The summed E-state index contributed by atoms with van der Waals surface area (Å²) >= 11 is 0. The maximum atomic E-state index is 12.8. The molecule has 0 unspecified atom stereocenters. The van der Waals surface area contributed by atoms with E-state index in [1.165, 1.54) is 12.5 Å². The first kappa shape index (κ1) is 19.0. The van der Waals surface area contributed by atoms with Crippen LogP contribution in [0.25, 0.3) is 10.9 Å². The van der Waals surface area contributed by atoms with Crippen molar-refractivity contribution in [1.29, 1.82) is 0 Å². The number of benzene rings is 1. The fourth-order valence-electron chi connectivity index (χ4n) is 3.48. The molecule has 4 rings (SSSR count). The summed E-state index contributed by atoms with van der Waals surface area (Å²) in [6.07, 6.45) is 6.64. The van der Waals surface area contributed by atoms with E-state index in [0.29, 0.717) is 28.3 Å². The number of amides is 1. The highest BCUT2D eigenvalue weighted by atomic mass is 16.2. The fourth-order valence-corrected chi connectivity index (χ4v) is 3.48. The van der Waals surface area contributed by atoms with Crippen LogP contribution in [0.15, 0.2) is 41.7 Å². The highest BCUT2D eigenvalue weighted by molar-refractivity contribution is 6.06. The fraction of sp³-hybridized carbons (Fsp3) is 0.350. The second-order valence-electron chi connectivity index (χ2n) is 7.30. The summed E-state index contributed by atoms with van der Waals surface area (Å²) in [6, 6.07) is 4.99. The quantitative estimate of drug-likeness (QED) is 0.604. The van der Waals surface area contributed by atoms with Gasteiger partial charge in [-0.1, -0.05) is 0 Å². The number of fused-ring (bicyclic) bond motifs is 1. The minimum atomic E-state index is -0.386. The molecule has 0 aliphatic carbocycles. The lowest BCUT2D eigenvalue weighted by Crippen LogP contribution is -2.33. The van der Waals surface area contributed by atoms with Gasteiger partial charge < -0.3 is 20.5 Å². The normalized spacial score (nSPS) is 15.3. The van der Waals surface area contributed by atoms with E-state index in [1.807, 2.05) is 0 Å². The third-order valence-corrected chi connectivity index (χ3v) is 5.21. The first-order chi connectivity index (χ1) is 14.1. The van der Waals surface area contributed by atoms with E-state index >= 15 is 0 Å². The van der Waals surface area contributed by atoms with Gasteiger partial charge in [0.25, 0.3) is 11.5 Å². The van der Waals surface area contributed by atoms with Crippen LogP contribution in [0, 0.1) is 5.92 Å². The molecule has 0 spiro atoms. The number of aromatic amines is 1. The van der Waals surface area contributed by atoms with Gasteiger partial charge in [0.15, 0.2) is 11.5 Å². The molecule has 1 aromatic carbocycles. The van der Waals surface area contributed by atoms with E-state index in [0.717, 1.165) is 32.5 Å². The first-order valence-corrected chi connectivity index (χ1v) is 9.62. The summed E-state index contributed by atoms with van der Waals surface area (Å²) in [7, 11) is 2.13. The van der Waals surface area contributed by atoms with E-state index in [2.05, 4.69) is 42.5 Å². The van der Waals surface area contributed by atoms with Crippen LogP contribution in [0.5, 0.6) is 0 Å². The molecule has 2 aromatic heterocycles. The number of H-pyrrole nitrogens is 1. The molecule has 1 fully saturated rings. The predicted octanol–water partition coefficient (Wildman–Crippen LogP) is 1.72. The average Bonchev–Trinajstić information content (AvgIpc) is 2.74. The predicted molar refractivity (Wildman–Crippen MR) is 111 cm³/mol. The Morgan fingerprint density at radius 2 is 2.00 bits per heavy atom.